The summed E-state index contributed by atoms with van der Waals surface area (Å²) >= 11 is 3.38. The van der Waals surface area contributed by atoms with E-state index in [1.165, 1.54) is 5.56 Å². The van der Waals surface area contributed by atoms with Gasteiger partial charge in [0.25, 0.3) is 0 Å². The largest absolute Gasteiger partial charge is 0.352 e. The second-order valence-corrected chi connectivity index (χ2v) is 4.94. The SMILES string of the molecule is CC(Cc1ccc(Br)cc1)NC(=O)[C@@H](C)N. The summed E-state index contributed by atoms with van der Waals surface area (Å²) in [5, 5.41) is 2.87. The Balaban J connectivity index is 2.48. The molecule has 2 atom stereocenters. The van der Waals surface area contributed by atoms with E-state index in [0.29, 0.717) is 0 Å². The third kappa shape index (κ3) is 4.33. The lowest BCUT2D eigenvalue weighted by Crippen LogP contribution is -2.43. The van der Waals surface area contributed by atoms with Crippen LogP contribution < -0.4 is 11.1 Å². The lowest BCUT2D eigenvalue weighted by atomic mass is 10.1. The summed E-state index contributed by atoms with van der Waals surface area (Å²) in [7, 11) is 0. The topological polar surface area (TPSA) is 55.1 Å². The van der Waals surface area contributed by atoms with Gasteiger partial charge in [0.15, 0.2) is 0 Å². The molecule has 1 rings (SSSR count). The zero-order valence-corrected chi connectivity index (χ0v) is 11.1. The molecule has 1 aromatic rings. The van der Waals surface area contributed by atoms with Gasteiger partial charge >= 0.3 is 0 Å². The molecule has 0 aliphatic heterocycles. The molecule has 0 aliphatic carbocycles. The molecular weight excluding hydrogens is 268 g/mol. The number of hydrogen-bond donors (Lipinski definition) is 2. The minimum Gasteiger partial charge on any atom is -0.352 e. The van der Waals surface area contributed by atoms with Crippen molar-refractivity contribution in [2.24, 2.45) is 5.73 Å². The average Bonchev–Trinajstić information content (AvgIpc) is 2.21. The van der Waals surface area contributed by atoms with E-state index in [1.807, 2.05) is 31.2 Å². The Morgan fingerprint density at radius 3 is 2.44 bits per heavy atom. The van der Waals surface area contributed by atoms with Crippen molar-refractivity contribution in [3.8, 4) is 0 Å². The lowest BCUT2D eigenvalue weighted by molar-refractivity contribution is -0.122. The highest BCUT2D eigenvalue weighted by Gasteiger charge is 2.11. The molecule has 88 valence electrons. The first-order chi connectivity index (χ1) is 7.49. The Bertz CT molecular complexity index is 349. The van der Waals surface area contributed by atoms with Crippen LogP contribution in [0.15, 0.2) is 28.7 Å². The normalized spacial score (nSPS) is 14.2. The first-order valence-corrected chi connectivity index (χ1v) is 6.08. The molecular formula is C12H17BrN2O. The quantitative estimate of drug-likeness (QED) is 0.887. The molecule has 0 spiro atoms. The van der Waals surface area contributed by atoms with E-state index in [-0.39, 0.29) is 11.9 Å². The summed E-state index contributed by atoms with van der Waals surface area (Å²) in [5.74, 6) is -0.107. The number of nitrogens with one attached hydrogen (secondary N) is 1. The predicted octanol–water partition coefficient (Wildman–Crippen LogP) is 1.84. The van der Waals surface area contributed by atoms with Gasteiger partial charge in [0.1, 0.15) is 0 Å². The molecule has 0 radical (unpaired) electrons. The lowest BCUT2D eigenvalue weighted by Gasteiger charge is -2.15. The number of benzene rings is 1. The highest BCUT2D eigenvalue weighted by Crippen LogP contribution is 2.11. The van der Waals surface area contributed by atoms with Crippen LogP contribution in [-0.4, -0.2) is 18.0 Å². The first-order valence-electron chi connectivity index (χ1n) is 5.29. The van der Waals surface area contributed by atoms with Gasteiger partial charge in [0, 0.05) is 10.5 Å². The van der Waals surface area contributed by atoms with Crippen LogP contribution in [0.2, 0.25) is 0 Å². The molecule has 0 heterocycles. The Hall–Kier alpha value is -0.870. The van der Waals surface area contributed by atoms with Crippen LogP contribution in [0.3, 0.4) is 0 Å². The predicted molar refractivity (Wildman–Crippen MR) is 69.1 cm³/mol. The Morgan fingerprint density at radius 2 is 1.94 bits per heavy atom. The van der Waals surface area contributed by atoms with Crippen LogP contribution in [0, 0.1) is 0 Å². The summed E-state index contributed by atoms with van der Waals surface area (Å²) in [6, 6.07) is 7.72. The van der Waals surface area contributed by atoms with Gasteiger partial charge < -0.3 is 11.1 Å². The van der Waals surface area contributed by atoms with Crippen LogP contribution in [0.1, 0.15) is 19.4 Å². The Kier molecular flexibility index (Phi) is 4.96. The van der Waals surface area contributed by atoms with E-state index in [1.54, 1.807) is 6.92 Å². The fourth-order valence-corrected chi connectivity index (χ4v) is 1.66. The van der Waals surface area contributed by atoms with Crippen LogP contribution in [0.5, 0.6) is 0 Å². The molecule has 1 amide bonds. The maximum atomic E-state index is 11.4. The number of hydrogen-bond acceptors (Lipinski definition) is 2. The van der Waals surface area contributed by atoms with Gasteiger partial charge in [-0.3, -0.25) is 4.79 Å². The Labute approximate surface area is 105 Å². The fourth-order valence-electron chi connectivity index (χ4n) is 1.40. The zero-order valence-electron chi connectivity index (χ0n) is 9.53. The number of rotatable bonds is 4. The van der Waals surface area contributed by atoms with Crippen molar-refractivity contribution in [1.29, 1.82) is 0 Å². The highest BCUT2D eigenvalue weighted by molar-refractivity contribution is 9.10. The van der Waals surface area contributed by atoms with Gasteiger partial charge in [-0.25, -0.2) is 0 Å². The first kappa shape index (κ1) is 13.2. The monoisotopic (exact) mass is 284 g/mol. The number of nitrogens with two attached hydrogens (primary N) is 1. The van der Waals surface area contributed by atoms with Crippen molar-refractivity contribution in [3.63, 3.8) is 0 Å². The molecule has 1 unspecified atom stereocenters. The number of carbonyl (C=O) groups excluding carboxylic acids is 1. The molecule has 0 saturated heterocycles. The molecule has 0 aromatic heterocycles. The molecule has 3 N–H and O–H groups in total. The molecule has 0 aliphatic rings. The maximum absolute atomic E-state index is 11.4. The summed E-state index contributed by atoms with van der Waals surface area (Å²) in [4.78, 5) is 11.4. The van der Waals surface area contributed by atoms with Crippen LogP contribution >= 0.6 is 15.9 Å². The van der Waals surface area contributed by atoms with Crippen molar-refractivity contribution in [2.45, 2.75) is 32.4 Å². The van der Waals surface area contributed by atoms with Crippen LogP contribution in [0.25, 0.3) is 0 Å². The number of carbonyl (C=O) groups is 1. The van der Waals surface area contributed by atoms with Crippen molar-refractivity contribution < 1.29 is 4.79 Å². The molecule has 1 aromatic carbocycles. The number of halogens is 1. The summed E-state index contributed by atoms with van der Waals surface area (Å²) in [6.07, 6.45) is 0.811. The van der Waals surface area contributed by atoms with Crippen LogP contribution in [0.4, 0.5) is 0 Å². The molecule has 0 bridgehead atoms. The van der Waals surface area contributed by atoms with Gasteiger partial charge in [-0.1, -0.05) is 28.1 Å². The van der Waals surface area contributed by atoms with Gasteiger partial charge in [-0.05, 0) is 38.0 Å². The van der Waals surface area contributed by atoms with Crippen molar-refractivity contribution in [2.75, 3.05) is 0 Å². The molecule has 0 saturated carbocycles. The van der Waals surface area contributed by atoms with Crippen LogP contribution in [-0.2, 0) is 11.2 Å². The van der Waals surface area contributed by atoms with Gasteiger partial charge in [0.05, 0.1) is 6.04 Å². The molecule has 4 heteroatoms. The van der Waals surface area contributed by atoms with E-state index < -0.39 is 6.04 Å². The second kappa shape index (κ2) is 6.01. The summed E-state index contributed by atoms with van der Waals surface area (Å²) in [6.45, 7) is 3.66. The van der Waals surface area contributed by atoms with E-state index in [4.69, 9.17) is 5.73 Å². The summed E-state index contributed by atoms with van der Waals surface area (Å²) in [5.41, 5.74) is 6.67. The zero-order chi connectivity index (χ0) is 12.1. The van der Waals surface area contributed by atoms with Crippen molar-refractivity contribution in [1.82, 2.24) is 5.32 Å². The molecule has 0 fully saturated rings. The van der Waals surface area contributed by atoms with E-state index in [0.717, 1.165) is 10.9 Å². The van der Waals surface area contributed by atoms with Gasteiger partial charge in [-0.2, -0.15) is 0 Å². The average molecular weight is 285 g/mol. The molecule has 16 heavy (non-hydrogen) atoms. The minimum absolute atomic E-state index is 0.0969. The van der Waals surface area contributed by atoms with E-state index >= 15 is 0 Å². The minimum atomic E-state index is -0.452. The third-order valence-electron chi connectivity index (χ3n) is 2.26. The second-order valence-electron chi connectivity index (χ2n) is 4.03. The van der Waals surface area contributed by atoms with E-state index in [9.17, 15) is 4.79 Å². The summed E-state index contributed by atoms with van der Waals surface area (Å²) < 4.78 is 1.06. The van der Waals surface area contributed by atoms with Gasteiger partial charge in [0.2, 0.25) is 5.91 Å². The van der Waals surface area contributed by atoms with Crippen molar-refractivity contribution in [3.05, 3.63) is 34.3 Å². The van der Waals surface area contributed by atoms with Gasteiger partial charge in [-0.15, -0.1) is 0 Å². The molecule has 3 nitrogen and oxygen atoms in total. The third-order valence-corrected chi connectivity index (χ3v) is 2.79. The number of amides is 1. The standard InChI is InChI=1S/C12H17BrN2O/c1-8(15-12(16)9(2)14)7-10-3-5-11(13)6-4-10/h3-6,8-9H,7,14H2,1-2H3,(H,15,16)/t8?,9-/m1/s1. The fraction of sp³-hybridized carbons (Fsp3) is 0.417. The highest BCUT2D eigenvalue weighted by atomic mass is 79.9. The van der Waals surface area contributed by atoms with E-state index in [2.05, 4.69) is 21.2 Å². The van der Waals surface area contributed by atoms with Crippen molar-refractivity contribution >= 4 is 21.8 Å². The maximum Gasteiger partial charge on any atom is 0.236 e. The Morgan fingerprint density at radius 1 is 1.38 bits per heavy atom. The smallest absolute Gasteiger partial charge is 0.236 e.